The summed E-state index contributed by atoms with van der Waals surface area (Å²) in [5.74, 6) is 0. The van der Waals surface area contributed by atoms with Gasteiger partial charge in [0.2, 0.25) is 0 Å². The number of fused-ring (bicyclic) bond motifs is 17. The Labute approximate surface area is 793 Å². The Hall–Kier alpha value is -18.0. The van der Waals surface area contributed by atoms with Gasteiger partial charge in [-0.1, -0.05) is 437 Å². The molecule has 28 aromatic rings. The zero-order chi connectivity index (χ0) is 90.4. The van der Waals surface area contributed by atoms with Crippen molar-refractivity contribution in [3.05, 3.63) is 528 Å². The Bertz CT molecular complexity index is 9460. The summed E-state index contributed by atoms with van der Waals surface area (Å²) in [6, 6.07) is 192. The van der Waals surface area contributed by atoms with Gasteiger partial charge in [0.15, 0.2) is 0 Å². The van der Waals surface area contributed by atoms with Gasteiger partial charge in [-0.25, -0.2) is 0 Å². The normalized spacial score (nSPS) is 11.6. The Balaban J connectivity index is 0.000000107. The molecule has 28 rings (SSSR count). The number of aromatic nitrogens is 3. The van der Waals surface area contributed by atoms with Crippen molar-refractivity contribution in [2.45, 2.75) is 0 Å². The highest BCUT2D eigenvalue weighted by Crippen LogP contribution is 2.51. The van der Waals surface area contributed by atoms with E-state index >= 15 is 0 Å². The predicted octanol–water partition coefficient (Wildman–Crippen LogP) is 36.9. The fourth-order valence-corrected chi connectivity index (χ4v) is 22.3. The van der Waals surface area contributed by atoms with Crippen molar-refractivity contribution in [2.75, 3.05) is 0 Å². The van der Waals surface area contributed by atoms with E-state index in [0.717, 1.165) is 11.4 Å². The highest BCUT2D eigenvalue weighted by molar-refractivity contribution is 6.26. The van der Waals surface area contributed by atoms with Crippen molar-refractivity contribution in [3.8, 4) is 106 Å². The summed E-state index contributed by atoms with van der Waals surface area (Å²) in [5, 5.41) is 27.9. The Morgan fingerprint density at radius 3 is 0.774 bits per heavy atom. The molecule has 0 spiro atoms. The minimum Gasteiger partial charge on any atom is -0.309 e. The molecule has 25 aromatic carbocycles. The van der Waals surface area contributed by atoms with Crippen LogP contribution < -0.4 is 0 Å². The zero-order valence-corrected chi connectivity index (χ0v) is 75.1. The lowest BCUT2D eigenvalue weighted by Gasteiger charge is -2.18. The predicted molar refractivity (Wildman–Crippen MR) is 586 cm³/mol. The SMILES string of the molecule is c1ccc(-c2c3ccccc3c(-c3ccc4c(c3)c3ccccc3n4-c3cccc4ccccc34)c3ccccc23)cc1.c1ccc(-c2c3ccccc3c(-c3cccc(-n4c5ccccc5c5cc(-c6ccc7ccccc7c6)ccc54)c3)c3ccccc23)cc1.c1ccc(-c2ccc3c(c2)c2ccccc2n3-c2ccc(-c3c4ccccc4c(-c4ccccc4)c4ccccc34)cc2)cc1. The van der Waals surface area contributed by atoms with Crippen molar-refractivity contribution in [1.82, 2.24) is 13.7 Å². The van der Waals surface area contributed by atoms with Crippen LogP contribution in [-0.4, -0.2) is 13.7 Å². The average Bonchev–Trinajstić information content (AvgIpc) is 1.69. The molecule has 0 aliphatic carbocycles. The number of benzene rings is 25. The average molecular weight is 1740 g/mol. The van der Waals surface area contributed by atoms with Crippen LogP contribution in [0.3, 0.4) is 0 Å². The van der Waals surface area contributed by atoms with Crippen LogP contribution in [0.2, 0.25) is 0 Å². The Kier molecular flexibility index (Phi) is 19.6. The molecule has 0 atom stereocenters. The molecule has 3 aromatic heterocycles. The largest absolute Gasteiger partial charge is 0.309 e. The van der Waals surface area contributed by atoms with Crippen molar-refractivity contribution < 1.29 is 0 Å². The summed E-state index contributed by atoms with van der Waals surface area (Å²) in [6.07, 6.45) is 0. The molecule has 0 saturated carbocycles. The van der Waals surface area contributed by atoms with E-state index in [1.165, 1.54) is 246 Å². The second kappa shape index (κ2) is 33.7. The first kappa shape index (κ1) is 79.9. The molecule has 0 fully saturated rings. The Morgan fingerprint density at radius 2 is 0.350 bits per heavy atom. The van der Waals surface area contributed by atoms with E-state index in [9.17, 15) is 0 Å². The second-order valence-electron chi connectivity index (χ2n) is 35.9. The smallest absolute Gasteiger partial charge is 0.0541 e. The molecule has 0 unspecified atom stereocenters. The third-order valence-electron chi connectivity index (χ3n) is 28.3. The second-order valence-corrected chi connectivity index (χ2v) is 35.9. The molecule has 0 bridgehead atoms. The molecule has 0 radical (unpaired) electrons. The molecular weight excluding hydrogens is 1650 g/mol. The van der Waals surface area contributed by atoms with Crippen molar-refractivity contribution >= 4 is 152 Å². The van der Waals surface area contributed by atoms with E-state index in [2.05, 4.69) is 541 Å². The first-order valence-corrected chi connectivity index (χ1v) is 47.3. The molecule has 0 aliphatic heterocycles. The monoisotopic (exact) mass is 1740 g/mol. The quantitative estimate of drug-likeness (QED) is 0.115. The lowest BCUT2D eigenvalue weighted by molar-refractivity contribution is 1.18. The van der Waals surface area contributed by atoms with E-state index < -0.39 is 0 Å². The molecule has 3 nitrogen and oxygen atoms in total. The number of hydrogen-bond donors (Lipinski definition) is 0. The van der Waals surface area contributed by atoms with Crippen LogP contribution in [-0.2, 0) is 0 Å². The number of nitrogens with zero attached hydrogens (tertiary/aromatic N) is 3. The molecule has 3 heterocycles. The highest BCUT2D eigenvalue weighted by Gasteiger charge is 2.25. The van der Waals surface area contributed by atoms with Gasteiger partial charge in [0.25, 0.3) is 0 Å². The first-order valence-electron chi connectivity index (χ1n) is 47.3. The fourth-order valence-electron chi connectivity index (χ4n) is 22.3. The summed E-state index contributed by atoms with van der Waals surface area (Å²) in [7, 11) is 0. The van der Waals surface area contributed by atoms with Gasteiger partial charge in [-0.3, -0.25) is 0 Å². The van der Waals surface area contributed by atoms with Gasteiger partial charge in [-0.2, -0.15) is 0 Å². The minimum atomic E-state index is 1.16. The zero-order valence-electron chi connectivity index (χ0n) is 75.1. The van der Waals surface area contributed by atoms with Crippen molar-refractivity contribution in [3.63, 3.8) is 0 Å². The molecule has 0 aliphatic rings. The standard InChI is InChI=1S/C48H31N.C44H29N.C42H27N/c1-2-14-33(15-3-1)47-40-20-6-8-22-42(40)48(43-23-9-7-21-41(43)47)37-17-12-18-38(30-37)49-45-24-11-10-19-39(45)44-31-36(27-28-46(44)49)35-26-25-32-13-4-5-16-34(32)29-35;1-3-13-30(14-4-1)33-25-28-42-40(29-33)35-17-11-12-22-41(35)45(42)34-26-23-32(24-27-34)44-38-20-9-7-18-36(38)43(31-15-5-2-6-16-31)37-19-8-10-21-39(37)44;1-2-14-29(15-3-1)41-33-19-6-8-21-35(33)42(36-22-9-7-20-34(36)41)30-25-26-40-37(27-30)32-18-10-11-23-39(32)43(40)38-24-12-16-28-13-4-5-17-31(28)38/h1-31H;1-29H;1-27H. The van der Waals surface area contributed by atoms with Crippen LogP contribution in [0.1, 0.15) is 0 Å². The maximum Gasteiger partial charge on any atom is 0.0541 e. The fraction of sp³-hybridized carbons (Fsp3) is 0. The summed E-state index contributed by atoms with van der Waals surface area (Å²) in [6.45, 7) is 0. The maximum atomic E-state index is 2.44. The maximum absolute atomic E-state index is 2.44. The van der Waals surface area contributed by atoms with Gasteiger partial charge in [0.05, 0.1) is 38.8 Å². The van der Waals surface area contributed by atoms with E-state index in [0.29, 0.717) is 0 Å². The summed E-state index contributed by atoms with van der Waals surface area (Å²) in [4.78, 5) is 0. The van der Waals surface area contributed by atoms with Crippen molar-refractivity contribution in [2.24, 2.45) is 0 Å². The summed E-state index contributed by atoms with van der Waals surface area (Å²) < 4.78 is 7.27. The van der Waals surface area contributed by atoms with Crippen LogP contribution in [0.15, 0.2) is 528 Å². The first-order chi connectivity index (χ1) is 68.0. The lowest BCUT2D eigenvalue weighted by atomic mass is 9.86. The van der Waals surface area contributed by atoms with Gasteiger partial charge < -0.3 is 13.7 Å². The van der Waals surface area contributed by atoms with Gasteiger partial charge >= 0.3 is 0 Å². The summed E-state index contributed by atoms with van der Waals surface area (Å²) in [5.41, 5.74) is 30.9. The molecule has 0 N–H and O–H groups in total. The highest BCUT2D eigenvalue weighted by atomic mass is 15.0. The summed E-state index contributed by atoms with van der Waals surface area (Å²) >= 11 is 0. The van der Waals surface area contributed by atoms with Gasteiger partial charge in [-0.05, 0) is 261 Å². The third kappa shape index (κ3) is 13.6. The van der Waals surface area contributed by atoms with Crippen LogP contribution >= 0.6 is 0 Å². The topological polar surface area (TPSA) is 14.8 Å². The van der Waals surface area contributed by atoms with Gasteiger partial charge in [0.1, 0.15) is 0 Å². The van der Waals surface area contributed by atoms with Gasteiger partial charge in [0, 0.05) is 49.1 Å². The van der Waals surface area contributed by atoms with Gasteiger partial charge in [-0.15, -0.1) is 0 Å². The number of para-hydroxylation sites is 3. The molecule has 0 amide bonds. The van der Waals surface area contributed by atoms with Crippen LogP contribution in [0.5, 0.6) is 0 Å². The molecule has 3 heteroatoms. The minimum absolute atomic E-state index is 1.16. The molecule has 0 saturated heterocycles. The molecular formula is C134H87N3. The van der Waals surface area contributed by atoms with Crippen LogP contribution in [0, 0.1) is 0 Å². The van der Waals surface area contributed by atoms with E-state index in [-0.39, 0.29) is 0 Å². The van der Waals surface area contributed by atoms with E-state index in [1.54, 1.807) is 0 Å². The van der Waals surface area contributed by atoms with Crippen molar-refractivity contribution in [1.29, 1.82) is 0 Å². The van der Waals surface area contributed by atoms with E-state index in [1.807, 2.05) is 0 Å². The molecule has 137 heavy (non-hydrogen) atoms. The lowest BCUT2D eigenvalue weighted by Crippen LogP contribution is -1.95. The van der Waals surface area contributed by atoms with Crippen LogP contribution in [0.25, 0.3) is 258 Å². The van der Waals surface area contributed by atoms with Crippen LogP contribution in [0.4, 0.5) is 0 Å². The van der Waals surface area contributed by atoms with E-state index in [4.69, 9.17) is 0 Å². The Morgan fingerprint density at radius 1 is 0.102 bits per heavy atom. The number of hydrogen-bond acceptors (Lipinski definition) is 0. The molecule has 638 valence electrons. The third-order valence-corrected chi connectivity index (χ3v) is 28.3. The number of rotatable bonds is 11.